The van der Waals surface area contributed by atoms with Gasteiger partial charge in [0.05, 0.1) is 6.54 Å². The van der Waals surface area contributed by atoms with Crippen molar-refractivity contribution in [2.45, 2.75) is 26.4 Å². The van der Waals surface area contributed by atoms with Gasteiger partial charge in [0, 0.05) is 31.8 Å². The van der Waals surface area contributed by atoms with Crippen LogP contribution in [-0.4, -0.2) is 45.4 Å². The molecule has 0 saturated heterocycles. The third-order valence-corrected chi connectivity index (χ3v) is 3.07. The summed E-state index contributed by atoms with van der Waals surface area (Å²) in [5.41, 5.74) is 0. The van der Waals surface area contributed by atoms with Crippen LogP contribution < -0.4 is 15.4 Å². The number of hydrogen-bond acceptors (Lipinski definition) is 3. The Kier molecular flexibility index (Phi) is 9.42. The number of rotatable bonds is 9. The number of aliphatic imine (C=N–C) groups is 1. The highest BCUT2D eigenvalue weighted by Gasteiger charge is 2.04. The number of halogens is 1. The molecule has 1 rings (SSSR count). The fourth-order valence-electron chi connectivity index (χ4n) is 1.77. The summed E-state index contributed by atoms with van der Waals surface area (Å²) < 4.78 is 10.8. The number of ether oxygens (including phenoxy) is 2. The molecule has 0 aliphatic carbocycles. The van der Waals surface area contributed by atoms with Gasteiger partial charge in [-0.3, -0.25) is 0 Å². The molecule has 0 bridgehead atoms. The fourth-order valence-corrected chi connectivity index (χ4v) is 1.89. The van der Waals surface area contributed by atoms with Crippen molar-refractivity contribution in [2.75, 3.05) is 33.4 Å². The highest BCUT2D eigenvalue weighted by Crippen LogP contribution is 2.16. The lowest BCUT2D eigenvalue weighted by Gasteiger charge is -2.15. The molecular weight excluding hydrogens is 302 g/mol. The Labute approximate surface area is 138 Å². The lowest BCUT2D eigenvalue weighted by molar-refractivity contribution is 0.195. The summed E-state index contributed by atoms with van der Waals surface area (Å²) in [4.78, 5) is 4.53. The van der Waals surface area contributed by atoms with Crippen molar-refractivity contribution in [3.05, 3.63) is 29.3 Å². The van der Waals surface area contributed by atoms with Crippen LogP contribution in [0.3, 0.4) is 0 Å². The van der Waals surface area contributed by atoms with Crippen LogP contribution in [0, 0.1) is 0 Å². The molecule has 124 valence electrons. The standard InChI is InChI=1S/C16H26ClN3O2/c1-4-18-16(19-10-5-11-21-3)20-12-13(2)22-15-8-6-14(17)7-9-15/h6-9,13H,4-5,10-12H2,1-3H3,(H2,18,19,20). The first-order chi connectivity index (χ1) is 10.7. The number of benzene rings is 1. The first kappa shape index (κ1) is 18.6. The van der Waals surface area contributed by atoms with Crippen molar-refractivity contribution in [1.82, 2.24) is 10.6 Å². The monoisotopic (exact) mass is 327 g/mol. The topological polar surface area (TPSA) is 54.9 Å². The first-order valence-corrected chi connectivity index (χ1v) is 7.96. The van der Waals surface area contributed by atoms with Gasteiger partial charge in [0.25, 0.3) is 0 Å². The van der Waals surface area contributed by atoms with Crippen LogP contribution in [-0.2, 0) is 4.74 Å². The lowest BCUT2D eigenvalue weighted by Crippen LogP contribution is -2.38. The smallest absolute Gasteiger partial charge is 0.191 e. The van der Waals surface area contributed by atoms with E-state index in [2.05, 4.69) is 15.6 Å². The highest BCUT2D eigenvalue weighted by molar-refractivity contribution is 6.30. The summed E-state index contributed by atoms with van der Waals surface area (Å²) in [7, 11) is 1.70. The zero-order valence-electron chi connectivity index (χ0n) is 13.6. The van der Waals surface area contributed by atoms with Crippen LogP contribution >= 0.6 is 11.6 Å². The van der Waals surface area contributed by atoms with Crippen molar-refractivity contribution in [3.63, 3.8) is 0 Å². The second-order valence-electron chi connectivity index (χ2n) is 4.88. The van der Waals surface area contributed by atoms with Gasteiger partial charge in [0.1, 0.15) is 11.9 Å². The van der Waals surface area contributed by atoms with Gasteiger partial charge in [-0.25, -0.2) is 4.99 Å². The van der Waals surface area contributed by atoms with E-state index in [1.807, 2.05) is 38.1 Å². The Bertz CT molecular complexity index is 438. The zero-order chi connectivity index (χ0) is 16.2. The minimum absolute atomic E-state index is 0.0180. The molecule has 1 unspecified atom stereocenters. The molecular formula is C16H26ClN3O2. The molecule has 0 aromatic heterocycles. The molecule has 0 radical (unpaired) electrons. The summed E-state index contributed by atoms with van der Waals surface area (Å²) in [6.07, 6.45) is 0.924. The molecule has 5 nitrogen and oxygen atoms in total. The second-order valence-corrected chi connectivity index (χ2v) is 5.31. The van der Waals surface area contributed by atoms with E-state index < -0.39 is 0 Å². The molecule has 1 aromatic carbocycles. The third kappa shape index (κ3) is 8.10. The van der Waals surface area contributed by atoms with Crippen LogP contribution in [0.25, 0.3) is 0 Å². The number of guanidine groups is 1. The molecule has 6 heteroatoms. The SMILES string of the molecule is CCNC(=NCC(C)Oc1ccc(Cl)cc1)NCCCOC. The zero-order valence-corrected chi connectivity index (χ0v) is 14.3. The van der Waals surface area contributed by atoms with Crippen molar-refractivity contribution < 1.29 is 9.47 Å². The fraction of sp³-hybridized carbons (Fsp3) is 0.562. The van der Waals surface area contributed by atoms with Crippen molar-refractivity contribution in [3.8, 4) is 5.75 Å². The number of nitrogens with one attached hydrogen (secondary N) is 2. The van der Waals surface area contributed by atoms with Crippen molar-refractivity contribution >= 4 is 17.6 Å². The van der Waals surface area contributed by atoms with Gasteiger partial charge < -0.3 is 20.1 Å². The maximum Gasteiger partial charge on any atom is 0.191 e. The van der Waals surface area contributed by atoms with Gasteiger partial charge in [-0.2, -0.15) is 0 Å². The van der Waals surface area contributed by atoms with Crippen molar-refractivity contribution in [2.24, 2.45) is 4.99 Å². The molecule has 2 N–H and O–H groups in total. The molecule has 0 saturated carbocycles. The van der Waals surface area contributed by atoms with Gasteiger partial charge in [0.2, 0.25) is 0 Å². The second kappa shape index (κ2) is 11.2. The highest BCUT2D eigenvalue weighted by atomic mass is 35.5. The largest absolute Gasteiger partial charge is 0.489 e. The summed E-state index contributed by atoms with van der Waals surface area (Å²) >= 11 is 5.85. The summed E-state index contributed by atoms with van der Waals surface area (Å²) in [5.74, 6) is 1.59. The van der Waals surface area contributed by atoms with E-state index in [4.69, 9.17) is 21.1 Å². The van der Waals surface area contributed by atoms with Gasteiger partial charge in [-0.05, 0) is 44.5 Å². The molecule has 0 spiro atoms. The van der Waals surface area contributed by atoms with Gasteiger partial charge in [0.15, 0.2) is 5.96 Å². The van der Waals surface area contributed by atoms with Crippen LogP contribution in [0.5, 0.6) is 5.75 Å². The molecule has 0 heterocycles. The third-order valence-electron chi connectivity index (χ3n) is 2.82. The predicted molar refractivity (Wildman–Crippen MR) is 92.0 cm³/mol. The first-order valence-electron chi connectivity index (χ1n) is 7.59. The molecule has 1 atom stereocenters. The van der Waals surface area contributed by atoms with E-state index in [9.17, 15) is 0 Å². The Balaban J connectivity index is 2.41. The number of methoxy groups -OCH3 is 1. The predicted octanol–water partition coefficient (Wildman–Crippen LogP) is 2.70. The molecule has 0 aliphatic rings. The summed E-state index contributed by atoms with van der Waals surface area (Å²) in [5, 5.41) is 7.18. The normalized spacial score (nSPS) is 12.8. The van der Waals surface area contributed by atoms with E-state index in [1.165, 1.54) is 0 Å². The van der Waals surface area contributed by atoms with Gasteiger partial charge >= 0.3 is 0 Å². The molecule has 0 amide bonds. The molecule has 0 aliphatic heterocycles. The van der Waals surface area contributed by atoms with E-state index >= 15 is 0 Å². The van der Waals surface area contributed by atoms with E-state index in [-0.39, 0.29) is 6.10 Å². The maximum atomic E-state index is 5.85. The maximum absolute atomic E-state index is 5.85. The summed E-state index contributed by atoms with van der Waals surface area (Å²) in [6, 6.07) is 7.34. The Morgan fingerprint density at radius 2 is 2.00 bits per heavy atom. The average molecular weight is 328 g/mol. The van der Waals surface area contributed by atoms with Crippen LogP contribution in [0.1, 0.15) is 20.3 Å². The number of nitrogens with zero attached hydrogens (tertiary/aromatic N) is 1. The molecule has 22 heavy (non-hydrogen) atoms. The average Bonchev–Trinajstić information content (AvgIpc) is 2.51. The number of hydrogen-bond donors (Lipinski definition) is 2. The van der Waals surface area contributed by atoms with Crippen LogP contribution in [0.4, 0.5) is 0 Å². The van der Waals surface area contributed by atoms with Gasteiger partial charge in [-0.15, -0.1) is 0 Å². The Morgan fingerprint density at radius 1 is 1.27 bits per heavy atom. The van der Waals surface area contributed by atoms with E-state index in [0.29, 0.717) is 11.6 Å². The Morgan fingerprint density at radius 3 is 2.64 bits per heavy atom. The van der Waals surface area contributed by atoms with Crippen LogP contribution in [0.2, 0.25) is 5.02 Å². The van der Waals surface area contributed by atoms with Crippen molar-refractivity contribution in [1.29, 1.82) is 0 Å². The Hall–Kier alpha value is -1.46. The molecule has 1 aromatic rings. The molecule has 0 fully saturated rings. The van der Waals surface area contributed by atoms with Crippen LogP contribution in [0.15, 0.2) is 29.3 Å². The van der Waals surface area contributed by atoms with E-state index in [1.54, 1.807) is 7.11 Å². The summed E-state index contributed by atoms with van der Waals surface area (Å²) in [6.45, 7) is 6.99. The quantitative estimate of drug-likeness (QED) is 0.416. The van der Waals surface area contributed by atoms with Gasteiger partial charge in [-0.1, -0.05) is 11.6 Å². The van der Waals surface area contributed by atoms with E-state index in [0.717, 1.165) is 37.8 Å². The minimum atomic E-state index is -0.0180. The minimum Gasteiger partial charge on any atom is -0.489 e. The lowest BCUT2D eigenvalue weighted by atomic mass is 10.3.